The molecule has 1 atom stereocenters. The molecule has 3 rings (SSSR count). The van der Waals surface area contributed by atoms with Crippen LogP contribution >= 0.6 is 0 Å². The molecule has 0 bridgehead atoms. The van der Waals surface area contributed by atoms with Gasteiger partial charge in [-0.15, -0.1) is 6.58 Å². The summed E-state index contributed by atoms with van der Waals surface area (Å²) in [5, 5.41) is 13.4. The van der Waals surface area contributed by atoms with E-state index < -0.39 is 6.10 Å². The minimum atomic E-state index is -0.624. The number of hydrogen-bond donors (Lipinski definition) is 2. The van der Waals surface area contributed by atoms with Crippen LogP contribution < -0.4 is 14.8 Å². The van der Waals surface area contributed by atoms with E-state index in [1.54, 1.807) is 0 Å². The summed E-state index contributed by atoms with van der Waals surface area (Å²) in [5.41, 5.74) is 3.12. The lowest BCUT2D eigenvalue weighted by molar-refractivity contribution is 0.117. The SMILES string of the molecule is C=CCc1ccccc1OCC(O)CNc1ccc(OCc2ccccc2)cc1. The number of ether oxygens (including phenoxy) is 2. The Kier molecular flexibility index (Phi) is 7.72. The summed E-state index contributed by atoms with van der Waals surface area (Å²) in [4.78, 5) is 0. The van der Waals surface area contributed by atoms with Gasteiger partial charge in [0.25, 0.3) is 0 Å². The summed E-state index contributed by atoms with van der Waals surface area (Å²) in [5.74, 6) is 1.59. The normalized spacial score (nSPS) is 11.5. The zero-order valence-electron chi connectivity index (χ0n) is 16.5. The molecule has 4 nitrogen and oxygen atoms in total. The van der Waals surface area contributed by atoms with Gasteiger partial charge in [0.2, 0.25) is 0 Å². The smallest absolute Gasteiger partial charge is 0.122 e. The highest BCUT2D eigenvalue weighted by molar-refractivity contribution is 5.46. The molecule has 1 unspecified atom stereocenters. The van der Waals surface area contributed by atoms with Crippen molar-refractivity contribution in [1.82, 2.24) is 0 Å². The predicted molar refractivity (Wildman–Crippen MR) is 118 cm³/mol. The van der Waals surface area contributed by atoms with Gasteiger partial charge in [-0.25, -0.2) is 0 Å². The van der Waals surface area contributed by atoms with Gasteiger partial charge >= 0.3 is 0 Å². The fourth-order valence-corrected chi connectivity index (χ4v) is 2.86. The Balaban J connectivity index is 1.42. The molecule has 3 aromatic carbocycles. The standard InChI is InChI=1S/C25H27NO3/c1-2-8-21-11-6-7-12-25(21)29-19-23(27)17-26-22-13-15-24(16-14-22)28-18-20-9-4-3-5-10-20/h2-7,9-16,23,26-27H,1,8,17-19H2. The third kappa shape index (κ3) is 6.70. The molecule has 0 radical (unpaired) electrons. The first-order valence-electron chi connectivity index (χ1n) is 9.75. The lowest BCUT2D eigenvalue weighted by Gasteiger charge is -2.16. The molecule has 150 valence electrons. The van der Waals surface area contributed by atoms with Gasteiger partial charge in [0.1, 0.15) is 30.8 Å². The maximum Gasteiger partial charge on any atom is 0.122 e. The van der Waals surface area contributed by atoms with Crippen molar-refractivity contribution in [1.29, 1.82) is 0 Å². The van der Waals surface area contributed by atoms with Crippen molar-refractivity contribution in [2.24, 2.45) is 0 Å². The Morgan fingerprint density at radius 3 is 2.38 bits per heavy atom. The molecule has 0 aliphatic rings. The predicted octanol–water partition coefficient (Wildman–Crippen LogP) is 4.85. The second-order valence-electron chi connectivity index (χ2n) is 6.74. The highest BCUT2D eigenvalue weighted by atomic mass is 16.5. The first-order chi connectivity index (χ1) is 14.2. The summed E-state index contributed by atoms with van der Waals surface area (Å²) in [6, 6.07) is 25.6. The molecule has 0 aromatic heterocycles. The zero-order chi connectivity index (χ0) is 20.3. The monoisotopic (exact) mass is 389 g/mol. The molecule has 4 heteroatoms. The molecule has 0 aliphatic heterocycles. The number of benzene rings is 3. The van der Waals surface area contributed by atoms with Crippen molar-refractivity contribution < 1.29 is 14.6 Å². The first kappa shape index (κ1) is 20.5. The van der Waals surface area contributed by atoms with E-state index in [0.717, 1.165) is 34.7 Å². The second-order valence-corrected chi connectivity index (χ2v) is 6.74. The number of hydrogen-bond acceptors (Lipinski definition) is 4. The van der Waals surface area contributed by atoms with Gasteiger partial charge in [-0.05, 0) is 47.9 Å². The number of rotatable bonds is 11. The number of allylic oxidation sites excluding steroid dienone is 1. The molecule has 0 aliphatic carbocycles. The molecule has 2 N–H and O–H groups in total. The van der Waals surface area contributed by atoms with Crippen molar-refractivity contribution in [3.63, 3.8) is 0 Å². The Morgan fingerprint density at radius 2 is 1.62 bits per heavy atom. The molecular weight excluding hydrogens is 362 g/mol. The summed E-state index contributed by atoms with van der Waals surface area (Å²) >= 11 is 0. The van der Waals surface area contributed by atoms with Gasteiger partial charge in [0.05, 0.1) is 0 Å². The van der Waals surface area contributed by atoms with Crippen LogP contribution in [0.1, 0.15) is 11.1 Å². The third-order valence-corrected chi connectivity index (χ3v) is 4.41. The number of aliphatic hydroxyl groups excluding tert-OH is 1. The van der Waals surface area contributed by atoms with Crippen molar-refractivity contribution in [2.75, 3.05) is 18.5 Å². The number of anilines is 1. The van der Waals surface area contributed by atoms with Crippen LogP contribution in [0.2, 0.25) is 0 Å². The number of para-hydroxylation sites is 1. The first-order valence-corrected chi connectivity index (χ1v) is 9.75. The molecule has 29 heavy (non-hydrogen) atoms. The fraction of sp³-hybridized carbons (Fsp3) is 0.200. The lowest BCUT2D eigenvalue weighted by Crippen LogP contribution is -2.26. The number of nitrogens with one attached hydrogen (secondary N) is 1. The van der Waals surface area contributed by atoms with Gasteiger partial charge in [0, 0.05) is 12.2 Å². The van der Waals surface area contributed by atoms with Crippen LogP contribution in [0.25, 0.3) is 0 Å². The van der Waals surface area contributed by atoms with E-state index in [2.05, 4.69) is 11.9 Å². The Hall–Kier alpha value is -3.24. The Morgan fingerprint density at radius 1 is 0.897 bits per heavy atom. The van der Waals surface area contributed by atoms with E-state index in [4.69, 9.17) is 9.47 Å². The molecule has 0 heterocycles. The molecule has 0 amide bonds. The van der Waals surface area contributed by atoms with Gasteiger partial charge in [0.15, 0.2) is 0 Å². The molecule has 0 saturated carbocycles. The summed E-state index contributed by atoms with van der Waals surface area (Å²) in [7, 11) is 0. The van der Waals surface area contributed by atoms with Crippen LogP contribution in [-0.4, -0.2) is 24.4 Å². The van der Waals surface area contributed by atoms with E-state index in [9.17, 15) is 5.11 Å². The third-order valence-electron chi connectivity index (χ3n) is 4.41. The second kappa shape index (κ2) is 10.9. The maximum atomic E-state index is 10.2. The minimum absolute atomic E-state index is 0.222. The highest BCUT2D eigenvalue weighted by Gasteiger charge is 2.08. The largest absolute Gasteiger partial charge is 0.491 e. The zero-order valence-corrected chi connectivity index (χ0v) is 16.5. The van der Waals surface area contributed by atoms with Crippen molar-refractivity contribution in [2.45, 2.75) is 19.1 Å². The quantitative estimate of drug-likeness (QED) is 0.461. The van der Waals surface area contributed by atoms with Crippen molar-refractivity contribution >= 4 is 5.69 Å². The van der Waals surface area contributed by atoms with E-state index in [-0.39, 0.29) is 6.61 Å². The average molecular weight is 389 g/mol. The summed E-state index contributed by atoms with van der Waals surface area (Å²) < 4.78 is 11.6. The highest BCUT2D eigenvalue weighted by Crippen LogP contribution is 2.19. The van der Waals surface area contributed by atoms with Gasteiger partial charge < -0.3 is 19.9 Å². The van der Waals surface area contributed by atoms with E-state index in [0.29, 0.717) is 13.2 Å². The van der Waals surface area contributed by atoms with Crippen LogP contribution in [0.4, 0.5) is 5.69 Å². The maximum absolute atomic E-state index is 10.2. The van der Waals surface area contributed by atoms with E-state index in [1.165, 1.54) is 0 Å². The van der Waals surface area contributed by atoms with Crippen molar-refractivity contribution in [3.8, 4) is 11.5 Å². The van der Waals surface area contributed by atoms with Crippen LogP contribution in [0.5, 0.6) is 11.5 Å². The molecule has 0 fully saturated rings. The topological polar surface area (TPSA) is 50.7 Å². The van der Waals surface area contributed by atoms with Gasteiger partial charge in [-0.3, -0.25) is 0 Å². The van der Waals surface area contributed by atoms with E-state index >= 15 is 0 Å². The average Bonchev–Trinajstić information content (AvgIpc) is 2.77. The summed E-state index contributed by atoms with van der Waals surface area (Å²) in [6.07, 6.45) is 1.96. The van der Waals surface area contributed by atoms with Crippen LogP contribution in [0.3, 0.4) is 0 Å². The number of aliphatic hydroxyl groups is 1. The molecule has 0 spiro atoms. The van der Waals surface area contributed by atoms with Crippen LogP contribution in [0.15, 0.2) is 91.5 Å². The summed E-state index contributed by atoms with van der Waals surface area (Å²) in [6.45, 7) is 4.92. The molecular formula is C25H27NO3. The Bertz CT molecular complexity index is 878. The lowest BCUT2D eigenvalue weighted by atomic mass is 10.1. The molecule has 0 saturated heterocycles. The van der Waals surface area contributed by atoms with Crippen LogP contribution in [0, 0.1) is 0 Å². The van der Waals surface area contributed by atoms with Gasteiger partial charge in [-0.2, -0.15) is 0 Å². The van der Waals surface area contributed by atoms with Crippen LogP contribution in [-0.2, 0) is 13.0 Å². The van der Waals surface area contributed by atoms with E-state index in [1.807, 2.05) is 84.9 Å². The Labute approximate surface area is 172 Å². The molecule has 3 aromatic rings. The van der Waals surface area contributed by atoms with Gasteiger partial charge in [-0.1, -0.05) is 54.6 Å². The van der Waals surface area contributed by atoms with Crippen molar-refractivity contribution in [3.05, 3.63) is 103 Å². The minimum Gasteiger partial charge on any atom is -0.491 e. The fourth-order valence-electron chi connectivity index (χ4n) is 2.86.